The Labute approximate surface area is 674 Å². The number of hydrogen-bond acceptors (Lipinski definition) is 11. The van der Waals surface area contributed by atoms with Gasteiger partial charge in [-0.3, -0.25) is 14.8 Å². The number of aliphatic imine (C=N–C) groups is 1. The minimum Gasteiger partial charge on any atom is -0.445 e. The molecule has 5 aromatic heterocycles. The lowest BCUT2D eigenvalue weighted by Crippen LogP contribution is -2.26. The average Bonchev–Trinajstić information content (AvgIpc) is 1.52. The van der Waals surface area contributed by atoms with Gasteiger partial charge in [0, 0.05) is 57.3 Å². The van der Waals surface area contributed by atoms with Gasteiger partial charge in [0.2, 0.25) is 11.6 Å². The molecule has 1 unspecified atom stereocenters. The van der Waals surface area contributed by atoms with Crippen molar-refractivity contribution >= 4 is 162 Å². The fourth-order valence-corrected chi connectivity index (χ4v) is 18.5. The largest absolute Gasteiger partial charge is 0.445 e. The number of halogens is 3. The van der Waals surface area contributed by atoms with Gasteiger partial charge < -0.3 is 25.2 Å². The number of nitrogen functional groups attached to an aromatic ring is 1. The van der Waals surface area contributed by atoms with Crippen molar-refractivity contribution in [3.05, 3.63) is 420 Å². The van der Waals surface area contributed by atoms with E-state index in [0.717, 1.165) is 56.1 Å². The molecule has 11 nitrogen and oxygen atoms in total. The standard InChI is InChI=1S/C44H32P2.C18H13ClN4O.C17H14O.C13H10Cl2N2O.C5H6N2/c1-5-19-35(20-6-1)45(36-21-7-2-8-22-36)41-31-29-33-17-13-15-27-39(33)43(41)44-40-28-16-14-18-34(40)30-32-42(44)46(37-23-9-3-10-24-37)38-25-11-4-12-26-38;1-11-9-15-17(21-14-5-7-20-8-6-14)22-16(23-18(15)24-11)12-3-2-4-13(19)10-12;18-17(13-11-15-7-3-1-4-8-15)14-12-16-9-5-2-6-10-16;1-7-5-10-11(15)16-12(17-13(10)18-7)8-3-2-4-9(14)6-8;6-5-1-3-7-4-2-5/h1-32H;2-10H,1H3,(H,20,21,22,23);1-14H;2-6,11H,1H3,(H,16,17);1-4H,(H2,6,7)/b;;13-11-,14-12+;;. The Morgan fingerprint density at radius 3 is 1.35 bits per heavy atom. The maximum atomic E-state index is 11.6. The van der Waals surface area contributed by atoms with Crippen molar-refractivity contribution < 1.29 is 13.6 Å². The summed E-state index contributed by atoms with van der Waals surface area (Å²) in [6, 6.07) is 117. The van der Waals surface area contributed by atoms with Crippen LogP contribution in [0.3, 0.4) is 0 Å². The number of amidine groups is 1. The van der Waals surface area contributed by atoms with Crippen LogP contribution < -0.4 is 48.2 Å². The van der Waals surface area contributed by atoms with Crippen molar-refractivity contribution in [3.8, 4) is 22.5 Å². The van der Waals surface area contributed by atoms with Crippen LogP contribution in [0.4, 0.5) is 23.1 Å². The Kier molecular flexibility index (Phi) is 25.8. The molecule has 552 valence electrons. The lowest BCUT2D eigenvalue weighted by Gasteiger charge is -2.28. The fourth-order valence-electron chi connectivity index (χ4n) is 12.9. The van der Waals surface area contributed by atoms with E-state index in [0.29, 0.717) is 39.1 Å². The third-order valence-corrected chi connectivity index (χ3v) is 23.8. The van der Waals surface area contributed by atoms with E-state index >= 15 is 0 Å². The van der Waals surface area contributed by atoms with Crippen LogP contribution in [0.15, 0.2) is 390 Å². The number of benzene rings is 12. The summed E-state index contributed by atoms with van der Waals surface area (Å²) in [6.07, 6.45) is 13.6. The number of aryl methyl sites for hydroxylation is 2. The van der Waals surface area contributed by atoms with Crippen LogP contribution in [0.5, 0.6) is 0 Å². The molecular formula is C97H75Cl3N8O3P2. The van der Waals surface area contributed by atoms with Crippen LogP contribution in [0, 0.1) is 13.8 Å². The van der Waals surface area contributed by atoms with Crippen LogP contribution in [0.1, 0.15) is 39.3 Å². The van der Waals surface area contributed by atoms with Crippen molar-refractivity contribution in [2.45, 2.75) is 19.3 Å². The highest BCUT2D eigenvalue weighted by molar-refractivity contribution is 7.81. The summed E-state index contributed by atoms with van der Waals surface area (Å²) in [7, 11) is -1.70. The first-order valence-electron chi connectivity index (χ1n) is 36.5. The Hall–Kier alpha value is -12.7. The number of allylic oxidation sites excluding steroid dienone is 2. The monoisotopic (exact) mass is 1570 g/mol. The predicted molar refractivity (Wildman–Crippen MR) is 477 cm³/mol. The highest BCUT2D eigenvalue weighted by Gasteiger charge is 2.29. The van der Waals surface area contributed by atoms with E-state index in [2.05, 4.69) is 230 Å². The Morgan fingerprint density at radius 1 is 0.451 bits per heavy atom. The maximum absolute atomic E-state index is 11.6. The van der Waals surface area contributed by atoms with E-state index in [9.17, 15) is 4.79 Å². The van der Waals surface area contributed by atoms with E-state index in [1.54, 1.807) is 49.1 Å². The second-order valence-corrected chi connectivity index (χ2v) is 31.6. The van der Waals surface area contributed by atoms with Crippen LogP contribution in [-0.2, 0) is 4.79 Å². The number of anilines is 4. The summed E-state index contributed by atoms with van der Waals surface area (Å²) in [5.41, 5.74) is 14.4. The summed E-state index contributed by atoms with van der Waals surface area (Å²) in [4.78, 5) is 33.0. The molecule has 0 saturated heterocycles. The molecular weight excluding hydrogens is 1490 g/mol. The van der Waals surface area contributed by atoms with E-state index in [4.69, 9.17) is 49.4 Å². The zero-order valence-corrected chi connectivity index (χ0v) is 65.7. The first-order chi connectivity index (χ1) is 55.4. The molecule has 0 fully saturated rings. The number of pyridine rings is 2. The Bertz CT molecular complexity index is 5830. The van der Waals surface area contributed by atoms with Gasteiger partial charge in [-0.15, -0.1) is 0 Å². The van der Waals surface area contributed by atoms with E-state index in [-0.39, 0.29) is 5.78 Å². The predicted octanol–water partition coefficient (Wildman–Crippen LogP) is 23.2. The van der Waals surface area contributed by atoms with E-state index in [1.807, 2.05) is 159 Å². The SMILES string of the molecule is Cc1cc2c(Nc3ccncc3)nc(-c3cccc(Cl)c3)nc2o1.Cc1cc2c(o1)NC(c1cccc(Cl)c1)=NC2Cl.Nc1ccncc1.O=C(/C=C\c1ccccc1)/C=C/c1ccccc1.c1ccc(P(c2ccccc2)c2ccc3ccccc3c2-c2c(P(c3ccccc3)c3ccccc3)ccc3ccccc23)cc1. The summed E-state index contributed by atoms with van der Waals surface area (Å²) in [5, 5.41) is 21.9. The number of carbonyl (C=O) groups is 1. The van der Waals surface area contributed by atoms with Crippen LogP contribution in [0.2, 0.25) is 10.0 Å². The van der Waals surface area contributed by atoms with Crippen molar-refractivity contribution in [1.29, 1.82) is 0 Å². The number of hydrogen-bond donors (Lipinski definition) is 3. The first-order valence-corrected chi connectivity index (χ1v) is 40.4. The molecule has 12 aromatic carbocycles. The van der Waals surface area contributed by atoms with Gasteiger partial charge in [-0.25, -0.2) is 9.98 Å². The van der Waals surface area contributed by atoms with Gasteiger partial charge in [-0.1, -0.05) is 326 Å². The van der Waals surface area contributed by atoms with E-state index < -0.39 is 21.3 Å². The molecule has 4 N–H and O–H groups in total. The normalized spacial score (nSPS) is 12.1. The quantitative estimate of drug-likeness (QED) is 0.0391. The molecule has 0 radical (unpaired) electrons. The Balaban J connectivity index is 0.000000132. The van der Waals surface area contributed by atoms with Crippen LogP contribution >= 0.6 is 50.6 Å². The number of nitrogens with two attached hydrogens (primary N) is 1. The van der Waals surface area contributed by atoms with E-state index in [1.165, 1.54) is 64.5 Å². The topological polar surface area (TPSA) is 157 Å². The number of furan rings is 2. The second kappa shape index (κ2) is 37.8. The molecule has 6 heterocycles. The van der Waals surface area contributed by atoms with Gasteiger partial charge in [0.1, 0.15) is 23.2 Å². The zero-order valence-electron chi connectivity index (χ0n) is 61.6. The summed E-state index contributed by atoms with van der Waals surface area (Å²) < 4.78 is 11.3. The van der Waals surface area contributed by atoms with Crippen molar-refractivity contribution in [2.24, 2.45) is 4.99 Å². The third-order valence-electron chi connectivity index (χ3n) is 18.0. The lowest BCUT2D eigenvalue weighted by atomic mass is 9.93. The molecule has 0 spiro atoms. The summed E-state index contributed by atoms with van der Waals surface area (Å²) >= 11 is 18.3. The van der Waals surface area contributed by atoms with Gasteiger partial charge in [-0.05, 0) is 178 Å². The number of nitrogens with one attached hydrogen (secondary N) is 2. The van der Waals surface area contributed by atoms with Crippen molar-refractivity contribution in [2.75, 3.05) is 16.4 Å². The Morgan fingerprint density at radius 2 is 0.885 bits per heavy atom. The number of alkyl halides is 1. The molecule has 18 rings (SSSR count). The molecule has 0 bridgehead atoms. The molecule has 1 atom stereocenters. The highest BCUT2D eigenvalue weighted by atomic mass is 35.5. The molecule has 0 amide bonds. The summed E-state index contributed by atoms with van der Waals surface area (Å²) in [5.74, 6) is 4.12. The first kappa shape index (κ1) is 77.1. The molecule has 17 aromatic rings. The number of rotatable bonds is 15. The van der Waals surface area contributed by atoms with Gasteiger partial charge in [-0.2, -0.15) is 4.98 Å². The highest BCUT2D eigenvalue weighted by Crippen LogP contribution is 2.46. The molecule has 16 heteroatoms. The smallest absolute Gasteiger partial charge is 0.231 e. The average molecular weight is 1570 g/mol. The van der Waals surface area contributed by atoms with Gasteiger partial charge in [0.05, 0.1) is 10.9 Å². The number of ketones is 1. The number of nitrogens with zero attached hydrogens (tertiary/aromatic N) is 5. The molecule has 0 saturated carbocycles. The molecule has 113 heavy (non-hydrogen) atoms. The van der Waals surface area contributed by atoms with Crippen molar-refractivity contribution in [3.63, 3.8) is 0 Å². The van der Waals surface area contributed by atoms with Gasteiger partial charge >= 0.3 is 0 Å². The minimum absolute atomic E-state index is 0.0114. The number of aromatic nitrogens is 4. The summed E-state index contributed by atoms with van der Waals surface area (Å²) in [6.45, 7) is 3.76. The maximum Gasteiger partial charge on any atom is 0.231 e. The minimum atomic E-state index is -0.852. The van der Waals surface area contributed by atoms with Gasteiger partial charge in [0.15, 0.2) is 17.1 Å². The molecule has 1 aliphatic heterocycles. The lowest BCUT2D eigenvalue weighted by molar-refractivity contribution is -0.110. The molecule has 1 aliphatic rings. The zero-order chi connectivity index (χ0) is 77.7. The van der Waals surface area contributed by atoms with Crippen LogP contribution in [0.25, 0.3) is 67.3 Å². The third kappa shape index (κ3) is 19.9. The molecule has 0 aliphatic carbocycles. The fraction of sp³-hybridized carbons (Fsp3) is 0.0309. The number of fused-ring (bicyclic) bond motifs is 4. The number of carbonyl (C=O) groups excluding carboxylic acids is 1. The second-order valence-electron chi connectivity index (χ2n) is 26.0. The van der Waals surface area contributed by atoms with Crippen molar-refractivity contribution in [1.82, 2.24) is 19.9 Å². The van der Waals surface area contributed by atoms with Gasteiger partial charge in [0.25, 0.3) is 0 Å². The van der Waals surface area contributed by atoms with Crippen LogP contribution in [-0.4, -0.2) is 31.6 Å².